The van der Waals surface area contributed by atoms with Crippen molar-refractivity contribution >= 4 is 61.7 Å². The average Bonchev–Trinajstić information content (AvgIpc) is 3.22. The largest absolute Gasteiger partial charge is 0.480 e. The molecule has 0 saturated heterocycles. The van der Waals surface area contributed by atoms with Crippen LogP contribution in [0, 0.1) is 0 Å². The highest BCUT2D eigenvalue weighted by molar-refractivity contribution is 7.18. The molecule has 4 rings (SSSR count). The van der Waals surface area contributed by atoms with E-state index in [1.807, 2.05) is 11.4 Å². The summed E-state index contributed by atoms with van der Waals surface area (Å²) in [6, 6.07) is 13.4. The minimum atomic E-state index is -1.13. The number of carboxylic acid groups (broad SMARTS) is 2. The topological polar surface area (TPSA) is 129 Å². The molecule has 0 aliphatic carbocycles. The summed E-state index contributed by atoms with van der Waals surface area (Å²) in [5.74, 6) is -2.12. The fraction of sp³-hybridized carbons (Fsp3) is 0.0476. The SMILES string of the molecule is O=C(O)CNC(=O)c1cccc(Nc2nc3cc(C(=O)O)ccc3c3sccc23)c1. The van der Waals surface area contributed by atoms with E-state index in [4.69, 9.17) is 5.11 Å². The summed E-state index contributed by atoms with van der Waals surface area (Å²) >= 11 is 1.53. The zero-order chi connectivity index (χ0) is 21.3. The van der Waals surface area contributed by atoms with Gasteiger partial charge in [-0.1, -0.05) is 12.1 Å². The molecule has 0 radical (unpaired) electrons. The fourth-order valence-electron chi connectivity index (χ4n) is 3.06. The molecule has 1 amide bonds. The van der Waals surface area contributed by atoms with Crippen molar-refractivity contribution in [3.8, 4) is 0 Å². The van der Waals surface area contributed by atoms with E-state index in [0.717, 1.165) is 15.5 Å². The normalized spacial score (nSPS) is 10.8. The van der Waals surface area contributed by atoms with Gasteiger partial charge >= 0.3 is 11.9 Å². The van der Waals surface area contributed by atoms with Crippen molar-refractivity contribution in [3.05, 3.63) is 65.0 Å². The number of fused-ring (bicyclic) bond motifs is 3. The van der Waals surface area contributed by atoms with E-state index in [-0.39, 0.29) is 5.56 Å². The number of pyridine rings is 1. The van der Waals surface area contributed by atoms with Crippen LogP contribution in [0.1, 0.15) is 20.7 Å². The van der Waals surface area contributed by atoms with Crippen LogP contribution in [0.25, 0.3) is 21.0 Å². The van der Waals surface area contributed by atoms with Gasteiger partial charge in [0.25, 0.3) is 5.91 Å². The maximum absolute atomic E-state index is 12.1. The number of carbonyl (C=O) groups is 3. The Morgan fingerprint density at radius 3 is 2.57 bits per heavy atom. The molecule has 0 saturated carbocycles. The first-order chi connectivity index (χ1) is 14.4. The lowest BCUT2D eigenvalue weighted by molar-refractivity contribution is -0.135. The molecular formula is C21H15N3O5S. The molecule has 0 bridgehead atoms. The van der Waals surface area contributed by atoms with E-state index in [9.17, 15) is 19.5 Å². The van der Waals surface area contributed by atoms with Crippen LogP contribution in [0.4, 0.5) is 11.5 Å². The highest BCUT2D eigenvalue weighted by Gasteiger charge is 2.13. The molecule has 8 nitrogen and oxygen atoms in total. The maximum atomic E-state index is 12.1. The van der Waals surface area contributed by atoms with Gasteiger partial charge in [0.05, 0.1) is 11.1 Å². The first kappa shape index (κ1) is 19.3. The second-order valence-electron chi connectivity index (χ2n) is 6.44. The van der Waals surface area contributed by atoms with Gasteiger partial charge in [-0.15, -0.1) is 11.3 Å². The Kier molecular flexibility index (Phi) is 5.03. The standard InChI is InChI=1S/C21H15N3O5S/c25-17(26)10-22-20(27)11-2-1-3-13(8-11)23-19-15-6-7-30-18(15)14-5-4-12(21(28)29)9-16(14)24-19/h1-9H,10H2,(H,22,27)(H,23,24)(H,25,26)(H,28,29). The number of carbonyl (C=O) groups excluding carboxylic acids is 1. The number of anilines is 2. The monoisotopic (exact) mass is 421 g/mol. The molecule has 150 valence electrons. The third-order valence-corrected chi connectivity index (χ3v) is 5.38. The van der Waals surface area contributed by atoms with Gasteiger partial charge in [-0.05, 0) is 41.8 Å². The van der Waals surface area contributed by atoms with Crippen molar-refractivity contribution in [2.75, 3.05) is 11.9 Å². The molecule has 4 aromatic rings. The predicted octanol–water partition coefficient (Wildman–Crippen LogP) is 3.71. The number of aliphatic carboxylic acids is 1. The van der Waals surface area contributed by atoms with Crippen LogP contribution in [0.3, 0.4) is 0 Å². The quantitative estimate of drug-likeness (QED) is 0.374. The van der Waals surface area contributed by atoms with Crippen LogP contribution in [-0.2, 0) is 4.79 Å². The van der Waals surface area contributed by atoms with E-state index < -0.39 is 24.4 Å². The molecule has 0 unspecified atom stereocenters. The van der Waals surface area contributed by atoms with Crippen LogP contribution in [0.5, 0.6) is 0 Å². The lowest BCUT2D eigenvalue weighted by Gasteiger charge is -2.11. The molecular weight excluding hydrogens is 406 g/mol. The maximum Gasteiger partial charge on any atom is 0.335 e. The zero-order valence-electron chi connectivity index (χ0n) is 15.4. The molecule has 4 N–H and O–H groups in total. The molecule has 9 heteroatoms. The van der Waals surface area contributed by atoms with Gasteiger partial charge < -0.3 is 20.8 Å². The van der Waals surface area contributed by atoms with Gasteiger partial charge in [0, 0.05) is 26.7 Å². The number of aromatic carboxylic acids is 1. The predicted molar refractivity (Wildman–Crippen MR) is 114 cm³/mol. The number of hydrogen-bond donors (Lipinski definition) is 4. The van der Waals surface area contributed by atoms with Crippen molar-refractivity contribution in [2.45, 2.75) is 0 Å². The molecule has 30 heavy (non-hydrogen) atoms. The summed E-state index contributed by atoms with van der Waals surface area (Å²) in [6.07, 6.45) is 0. The van der Waals surface area contributed by atoms with Gasteiger partial charge in [0.1, 0.15) is 12.4 Å². The Morgan fingerprint density at radius 1 is 0.967 bits per heavy atom. The van der Waals surface area contributed by atoms with Crippen molar-refractivity contribution < 1.29 is 24.6 Å². The molecule has 0 aliphatic rings. The highest BCUT2D eigenvalue weighted by atomic mass is 32.1. The number of rotatable bonds is 6. The summed E-state index contributed by atoms with van der Waals surface area (Å²) in [6.45, 7) is -0.468. The van der Waals surface area contributed by atoms with Crippen molar-refractivity contribution in [1.82, 2.24) is 10.3 Å². The molecule has 0 spiro atoms. The van der Waals surface area contributed by atoms with E-state index in [0.29, 0.717) is 22.6 Å². The van der Waals surface area contributed by atoms with Crippen molar-refractivity contribution in [1.29, 1.82) is 0 Å². The van der Waals surface area contributed by atoms with Crippen LogP contribution in [-0.4, -0.2) is 39.6 Å². The summed E-state index contributed by atoms with van der Waals surface area (Å²) in [5, 5.41) is 27.1. The molecule has 2 aromatic heterocycles. The molecule has 2 aromatic carbocycles. The van der Waals surface area contributed by atoms with Crippen molar-refractivity contribution in [3.63, 3.8) is 0 Å². The number of nitrogens with one attached hydrogen (secondary N) is 2. The number of aromatic nitrogens is 1. The van der Waals surface area contributed by atoms with Gasteiger partial charge in [0.2, 0.25) is 0 Å². The van der Waals surface area contributed by atoms with Gasteiger partial charge in [0.15, 0.2) is 0 Å². The third-order valence-electron chi connectivity index (χ3n) is 4.43. The number of amides is 1. The van der Waals surface area contributed by atoms with E-state index in [1.165, 1.54) is 17.4 Å². The number of hydrogen-bond acceptors (Lipinski definition) is 6. The summed E-state index contributed by atoms with van der Waals surface area (Å²) < 4.78 is 0.967. The lowest BCUT2D eigenvalue weighted by Crippen LogP contribution is -2.29. The third kappa shape index (κ3) is 3.78. The number of carboxylic acids is 2. The van der Waals surface area contributed by atoms with Crippen LogP contribution in [0.15, 0.2) is 53.9 Å². The Balaban J connectivity index is 1.72. The Bertz CT molecular complexity index is 1310. The van der Waals surface area contributed by atoms with E-state index in [1.54, 1.807) is 36.4 Å². The van der Waals surface area contributed by atoms with Crippen LogP contribution in [0.2, 0.25) is 0 Å². The summed E-state index contributed by atoms with van der Waals surface area (Å²) in [5.41, 5.74) is 1.58. The highest BCUT2D eigenvalue weighted by Crippen LogP contribution is 2.35. The lowest BCUT2D eigenvalue weighted by atomic mass is 10.1. The smallest absolute Gasteiger partial charge is 0.335 e. The first-order valence-electron chi connectivity index (χ1n) is 8.84. The van der Waals surface area contributed by atoms with Gasteiger partial charge in [-0.2, -0.15) is 0 Å². The van der Waals surface area contributed by atoms with Gasteiger partial charge in [-0.25, -0.2) is 9.78 Å². The van der Waals surface area contributed by atoms with Gasteiger partial charge in [-0.3, -0.25) is 9.59 Å². The average molecular weight is 421 g/mol. The molecule has 0 fully saturated rings. The molecule has 0 aliphatic heterocycles. The van der Waals surface area contributed by atoms with E-state index in [2.05, 4.69) is 15.6 Å². The Labute approximate surface area is 173 Å². The number of nitrogens with zero attached hydrogens (tertiary/aromatic N) is 1. The second-order valence-corrected chi connectivity index (χ2v) is 7.36. The molecule has 0 atom stereocenters. The Morgan fingerprint density at radius 2 is 1.80 bits per heavy atom. The minimum Gasteiger partial charge on any atom is -0.480 e. The number of thiophene rings is 1. The second kappa shape index (κ2) is 7.80. The van der Waals surface area contributed by atoms with Crippen molar-refractivity contribution in [2.24, 2.45) is 0 Å². The number of benzene rings is 2. The first-order valence-corrected chi connectivity index (χ1v) is 9.71. The molecule has 2 heterocycles. The Hall–Kier alpha value is -3.98. The summed E-state index contributed by atoms with van der Waals surface area (Å²) in [7, 11) is 0. The van der Waals surface area contributed by atoms with Crippen LogP contribution >= 0.6 is 11.3 Å². The summed E-state index contributed by atoms with van der Waals surface area (Å²) in [4.78, 5) is 38.7. The van der Waals surface area contributed by atoms with E-state index >= 15 is 0 Å². The fourth-order valence-corrected chi connectivity index (χ4v) is 3.99. The minimum absolute atomic E-state index is 0.147. The zero-order valence-corrected chi connectivity index (χ0v) is 16.2. The van der Waals surface area contributed by atoms with Crippen LogP contribution < -0.4 is 10.6 Å².